The maximum atomic E-state index is 13.1. The van der Waals surface area contributed by atoms with Gasteiger partial charge in [0.05, 0.1) is 35.2 Å². The fourth-order valence-electron chi connectivity index (χ4n) is 4.42. The van der Waals surface area contributed by atoms with Crippen molar-refractivity contribution in [2.24, 2.45) is 28.2 Å². The van der Waals surface area contributed by atoms with E-state index in [1.54, 1.807) is 71.2 Å². The van der Waals surface area contributed by atoms with Crippen LogP contribution >= 0.6 is 0 Å². The van der Waals surface area contributed by atoms with Crippen LogP contribution in [0.5, 0.6) is 0 Å². The molecule has 5 amide bonds. The number of aromatic nitrogens is 4. The molecule has 4 heterocycles. The van der Waals surface area contributed by atoms with Crippen LogP contribution in [0.3, 0.4) is 0 Å². The Balaban J connectivity index is 1.40. The van der Waals surface area contributed by atoms with E-state index in [9.17, 15) is 24.0 Å². The van der Waals surface area contributed by atoms with Crippen LogP contribution in [0, 0.1) is 11.3 Å². The summed E-state index contributed by atoms with van der Waals surface area (Å²) in [6, 6.07) is 8.03. The van der Waals surface area contributed by atoms with Gasteiger partial charge in [0.25, 0.3) is 23.6 Å². The topological polar surface area (TPSA) is 189 Å². The van der Waals surface area contributed by atoms with Gasteiger partial charge in [0.15, 0.2) is 0 Å². The molecular formula is C28H30N10O5. The Morgan fingerprint density at radius 3 is 1.37 bits per heavy atom. The van der Waals surface area contributed by atoms with Gasteiger partial charge in [-0.25, -0.2) is 0 Å². The van der Waals surface area contributed by atoms with Crippen molar-refractivity contribution in [3.05, 3.63) is 71.8 Å². The molecule has 0 aliphatic heterocycles. The van der Waals surface area contributed by atoms with Crippen LogP contribution in [0.25, 0.3) is 0 Å². The first kappa shape index (κ1) is 29.9. The second-order valence-corrected chi connectivity index (χ2v) is 9.69. The lowest BCUT2D eigenvalue weighted by atomic mass is 10.3. The van der Waals surface area contributed by atoms with Crippen molar-refractivity contribution >= 4 is 52.8 Å². The maximum Gasteiger partial charge on any atom is 0.272 e. The first-order valence-electron chi connectivity index (χ1n) is 13.0. The number of amides is 5. The van der Waals surface area contributed by atoms with Crippen LogP contribution in [-0.2, 0) is 33.0 Å². The minimum absolute atomic E-state index is 0.186. The highest BCUT2D eigenvalue weighted by Crippen LogP contribution is 2.21. The Hall–Kier alpha value is -6.04. The zero-order valence-corrected chi connectivity index (χ0v) is 23.9. The van der Waals surface area contributed by atoms with Gasteiger partial charge >= 0.3 is 0 Å². The molecule has 0 bridgehead atoms. The van der Waals surface area contributed by atoms with Crippen molar-refractivity contribution in [1.82, 2.24) is 23.6 Å². The summed E-state index contributed by atoms with van der Waals surface area (Å²) in [7, 11) is 6.64. The lowest BCUT2D eigenvalue weighted by Gasteiger charge is -2.03. The van der Waals surface area contributed by atoms with Crippen LogP contribution < -0.4 is 26.6 Å². The van der Waals surface area contributed by atoms with E-state index in [0.29, 0.717) is 40.5 Å². The number of aryl methyl sites for hydroxylation is 4. The number of carbonyl (C=O) groups excluding carboxylic acids is 5. The molecule has 0 saturated carbocycles. The van der Waals surface area contributed by atoms with Gasteiger partial charge in [-0.1, -0.05) is 0 Å². The molecule has 222 valence electrons. The molecule has 0 spiro atoms. The molecular weight excluding hydrogens is 556 g/mol. The number of nitriles is 1. The summed E-state index contributed by atoms with van der Waals surface area (Å²) >= 11 is 0. The Morgan fingerprint density at radius 1 is 0.651 bits per heavy atom. The molecule has 4 aromatic heterocycles. The van der Waals surface area contributed by atoms with Crippen molar-refractivity contribution < 1.29 is 24.0 Å². The first-order chi connectivity index (χ1) is 20.5. The number of nitrogens with one attached hydrogen (secondary N) is 5. The van der Waals surface area contributed by atoms with Crippen molar-refractivity contribution in [2.75, 3.05) is 27.8 Å². The predicted octanol–water partition coefficient (Wildman–Crippen LogP) is 2.01. The molecule has 0 unspecified atom stereocenters. The highest BCUT2D eigenvalue weighted by molar-refractivity contribution is 6.08. The normalized spacial score (nSPS) is 10.5. The fourth-order valence-corrected chi connectivity index (χ4v) is 4.42. The molecule has 0 atom stereocenters. The highest BCUT2D eigenvalue weighted by atomic mass is 16.2. The number of nitrogens with zero attached hydrogens (tertiary/aromatic N) is 5. The van der Waals surface area contributed by atoms with Crippen LogP contribution in [0.2, 0.25) is 0 Å². The molecule has 4 aromatic rings. The predicted molar refractivity (Wildman–Crippen MR) is 158 cm³/mol. The number of anilines is 4. The second-order valence-electron chi connectivity index (χ2n) is 9.69. The van der Waals surface area contributed by atoms with Gasteiger partial charge in [-0.05, 0) is 24.3 Å². The van der Waals surface area contributed by atoms with Gasteiger partial charge in [-0.2, -0.15) is 5.26 Å². The maximum absolute atomic E-state index is 13.1. The van der Waals surface area contributed by atoms with E-state index in [-0.39, 0.29) is 30.3 Å². The largest absolute Gasteiger partial charge is 0.350 e. The lowest BCUT2D eigenvalue weighted by molar-refractivity contribution is -0.105. The summed E-state index contributed by atoms with van der Waals surface area (Å²) in [5.74, 6) is -1.72. The van der Waals surface area contributed by atoms with Crippen LogP contribution in [0.1, 0.15) is 48.4 Å². The molecule has 0 aliphatic carbocycles. The number of carbonyl (C=O) groups is 5. The fraction of sp³-hybridized carbons (Fsp3) is 0.214. The third kappa shape index (κ3) is 6.82. The van der Waals surface area contributed by atoms with Gasteiger partial charge in [-0.3, -0.25) is 24.0 Å². The lowest BCUT2D eigenvalue weighted by Crippen LogP contribution is -2.25. The molecule has 0 fully saturated rings. The Bertz CT molecular complexity index is 1760. The molecule has 0 radical (unpaired) electrons. The number of rotatable bonds is 11. The Morgan fingerprint density at radius 2 is 1.00 bits per heavy atom. The van der Waals surface area contributed by atoms with Crippen LogP contribution in [0.15, 0.2) is 49.1 Å². The SMILES string of the molecule is Cn1cc(NC(=O)c2cc(NC(=O)c3cc(NC(=O)c4cc(NC=O)cn4C)cn3C)cn2C)cc1C(=O)NCCC#N. The van der Waals surface area contributed by atoms with Gasteiger partial charge in [0.2, 0.25) is 6.41 Å². The van der Waals surface area contributed by atoms with E-state index in [4.69, 9.17) is 5.26 Å². The van der Waals surface area contributed by atoms with Gasteiger partial charge in [0.1, 0.15) is 22.8 Å². The average molecular weight is 587 g/mol. The molecule has 0 saturated heterocycles. The average Bonchev–Trinajstić information content (AvgIpc) is 3.70. The molecule has 5 N–H and O–H groups in total. The highest BCUT2D eigenvalue weighted by Gasteiger charge is 2.19. The van der Waals surface area contributed by atoms with E-state index in [0.717, 1.165) is 0 Å². The Labute approximate surface area is 246 Å². The van der Waals surface area contributed by atoms with Crippen molar-refractivity contribution in [2.45, 2.75) is 6.42 Å². The van der Waals surface area contributed by atoms with Gasteiger partial charge in [0, 0.05) is 59.5 Å². The van der Waals surface area contributed by atoms with Crippen molar-refractivity contribution in [1.29, 1.82) is 5.26 Å². The quantitative estimate of drug-likeness (QED) is 0.132. The van der Waals surface area contributed by atoms with Crippen LogP contribution in [-0.4, -0.2) is 54.9 Å². The summed E-state index contributed by atoms with van der Waals surface area (Å²) in [6.45, 7) is 0.217. The van der Waals surface area contributed by atoms with Gasteiger partial charge in [-0.15, -0.1) is 0 Å². The summed E-state index contributed by atoms with van der Waals surface area (Å²) in [4.78, 5) is 61.8. The number of hydrogen-bond acceptors (Lipinski definition) is 6. The Kier molecular flexibility index (Phi) is 8.80. The molecule has 15 heteroatoms. The molecule has 0 aromatic carbocycles. The van der Waals surface area contributed by atoms with Crippen LogP contribution in [0.4, 0.5) is 22.7 Å². The summed E-state index contributed by atoms with van der Waals surface area (Å²) in [5, 5.41) is 22.0. The minimum Gasteiger partial charge on any atom is -0.350 e. The first-order valence-corrected chi connectivity index (χ1v) is 13.0. The zero-order valence-electron chi connectivity index (χ0n) is 23.9. The van der Waals surface area contributed by atoms with Crippen molar-refractivity contribution in [3.63, 3.8) is 0 Å². The third-order valence-electron chi connectivity index (χ3n) is 6.47. The molecule has 0 aliphatic rings. The summed E-state index contributed by atoms with van der Waals surface area (Å²) in [6.07, 6.45) is 7.06. The van der Waals surface area contributed by atoms with E-state index >= 15 is 0 Å². The molecule has 4 rings (SSSR count). The summed E-state index contributed by atoms with van der Waals surface area (Å²) in [5.41, 5.74) is 2.75. The monoisotopic (exact) mass is 586 g/mol. The molecule has 43 heavy (non-hydrogen) atoms. The van der Waals surface area contributed by atoms with Crippen molar-refractivity contribution in [3.8, 4) is 6.07 Å². The van der Waals surface area contributed by atoms with Gasteiger partial charge < -0.3 is 44.9 Å². The van der Waals surface area contributed by atoms with E-state index in [1.165, 1.54) is 24.3 Å². The van der Waals surface area contributed by atoms with E-state index < -0.39 is 17.7 Å². The zero-order chi connectivity index (χ0) is 31.3. The minimum atomic E-state index is -0.466. The standard InChI is InChI=1S/C28H30N10O5/c1-35-12-17(31-16-39)8-22(35)26(41)33-19-10-24(37(3)14-19)28(43)34-20-11-23(38(4)15-20)27(42)32-18-9-21(36(2)13-18)25(40)30-7-5-6-29/h8-16H,5,7H2,1-4H3,(H,30,40)(H,31,39)(H,32,42)(H,33,41)(H,34,43). The summed E-state index contributed by atoms with van der Waals surface area (Å²) < 4.78 is 6.22. The smallest absolute Gasteiger partial charge is 0.272 e. The van der Waals surface area contributed by atoms with E-state index in [1.807, 2.05) is 6.07 Å². The number of hydrogen-bond donors (Lipinski definition) is 5. The second kappa shape index (κ2) is 12.6. The van der Waals surface area contributed by atoms with E-state index in [2.05, 4.69) is 26.6 Å². The molecule has 15 nitrogen and oxygen atoms in total. The third-order valence-corrected chi connectivity index (χ3v) is 6.47.